The molecule has 138 valence electrons. The molecule has 0 heterocycles. The number of halogens is 2. The van der Waals surface area contributed by atoms with Crippen molar-refractivity contribution in [2.24, 2.45) is 0 Å². The van der Waals surface area contributed by atoms with Gasteiger partial charge in [-0.05, 0) is 30.2 Å². The van der Waals surface area contributed by atoms with Crippen molar-refractivity contribution in [2.45, 2.75) is 6.42 Å². The molecule has 0 saturated carbocycles. The summed E-state index contributed by atoms with van der Waals surface area (Å²) in [5.74, 6) is -0.695. The summed E-state index contributed by atoms with van der Waals surface area (Å²) in [5.41, 5.74) is 1.11. The summed E-state index contributed by atoms with van der Waals surface area (Å²) in [6.07, 6.45) is 0.421. The molecule has 2 aromatic carbocycles. The topological polar surface area (TPSA) is 62.6 Å². The number of anilines is 1. The van der Waals surface area contributed by atoms with Crippen molar-refractivity contribution >= 4 is 29.1 Å². The van der Waals surface area contributed by atoms with E-state index in [1.807, 2.05) is 0 Å². The molecule has 0 radical (unpaired) electrons. The van der Waals surface area contributed by atoms with E-state index < -0.39 is 0 Å². The highest BCUT2D eigenvalue weighted by Gasteiger charge is 2.15. The maximum atomic E-state index is 13.5. The predicted molar refractivity (Wildman–Crippen MR) is 99.8 cm³/mol. The van der Waals surface area contributed by atoms with Gasteiger partial charge in [0.25, 0.3) is 11.8 Å². The van der Waals surface area contributed by atoms with Gasteiger partial charge in [0.05, 0.1) is 17.8 Å². The zero-order valence-corrected chi connectivity index (χ0v) is 15.3. The normalized spacial score (nSPS) is 11.7. The summed E-state index contributed by atoms with van der Waals surface area (Å²) in [4.78, 5) is 24.7. The van der Waals surface area contributed by atoms with Gasteiger partial charge < -0.3 is 15.5 Å². The Balaban J connectivity index is 1.70. The van der Waals surface area contributed by atoms with E-state index in [1.165, 1.54) is 6.07 Å². The Labute approximate surface area is 157 Å². The molecular weight excluding hydrogens is 357 g/mol. The smallest absolute Gasteiger partial charge is 0.279 e. The second-order valence-electron chi connectivity index (χ2n) is 6.03. The quantitative estimate of drug-likeness (QED) is 0.648. The average molecular weight is 379 g/mol. The Morgan fingerprint density at radius 2 is 1.69 bits per heavy atom. The molecule has 2 rings (SSSR count). The Morgan fingerprint density at radius 1 is 1.04 bits per heavy atom. The SMILES string of the molecule is C[NH+](CC(=O)NCCc1ccccc1F)CC(=O)Nc1ccccc1Cl. The van der Waals surface area contributed by atoms with E-state index >= 15 is 0 Å². The lowest BCUT2D eigenvalue weighted by Crippen LogP contribution is -3.11. The van der Waals surface area contributed by atoms with E-state index in [-0.39, 0.29) is 30.7 Å². The fourth-order valence-electron chi connectivity index (χ4n) is 2.47. The maximum Gasteiger partial charge on any atom is 0.279 e. The first kappa shape index (κ1) is 19.9. The third-order valence-electron chi connectivity index (χ3n) is 3.75. The molecule has 0 aromatic heterocycles. The van der Waals surface area contributed by atoms with Gasteiger partial charge in [-0.2, -0.15) is 0 Å². The minimum atomic E-state index is -0.277. The molecule has 3 N–H and O–H groups in total. The number of likely N-dealkylation sites (N-methyl/N-ethyl adjacent to an activating group) is 1. The van der Waals surface area contributed by atoms with Crippen LogP contribution in [0, 0.1) is 5.82 Å². The van der Waals surface area contributed by atoms with Gasteiger partial charge >= 0.3 is 0 Å². The first-order valence-corrected chi connectivity index (χ1v) is 8.69. The van der Waals surface area contributed by atoms with E-state index in [2.05, 4.69) is 10.6 Å². The molecule has 0 bridgehead atoms. The van der Waals surface area contributed by atoms with Gasteiger partial charge in [-0.15, -0.1) is 0 Å². The number of quaternary nitrogens is 1. The molecule has 0 aliphatic heterocycles. The third-order valence-corrected chi connectivity index (χ3v) is 4.08. The monoisotopic (exact) mass is 378 g/mol. The van der Waals surface area contributed by atoms with Crippen molar-refractivity contribution in [1.29, 1.82) is 0 Å². The summed E-state index contributed by atoms with van der Waals surface area (Å²) in [6.45, 7) is 0.623. The highest BCUT2D eigenvalue weighted by atomic mass is 35.5. The molecule has 0 spiro atoms. The molecule has 2 amide bonds. The van der Waals surface area contributed by atoms with Crippen molar-refractivity contribution in [3.05, 3.63) is 64.9 Å². The largest absolute Gasteiger partial charge is 0.351 e. The van der Waals surface area contributed by atoms with Gasteiger partial charge in [-0.25, -0.2) is 4.39 Å². The van der Waals surface area contributed by atoms with Crippen molar-refractivity contribution < 1.29 is 18.9 Å². The number of rotatable bonds is 8. The third kappa shape index (κ3) is 6.46. The number of hydrogen-bond donors (Lipinski definition) is 3. The molecule has 5 nitrogen and oxygen atoms in total. The number of carbonyl (C=O) groups is 2. The summed E-state index contributed by atoms with van der Waals surface area (Å²) in [7, 11) is 1.75. The van der Waals surface area contributed by atoms with Crippen LogP contribution in [0.1, 0.15) is 5.56 Å². The van der Waals surface area contributed by atoms with Crippen LogP contribution < -0.4 is 15.5 Å². The number of hydrogen-bond acceptors (Lipinski definition) is 2. The minimum Gasteiger partial charge on any atom is -0.351 e. The van der Waals surface area contributed by atoms with E-state index in [1.54, 1.807) is 49.5 Å². The second kappa shape index (κ2) is 9.89. The van der Waals surface area contributed by atoms with Crippen LogP contribution in [0.25, 0.3) is 0 Å². The van der Waals surface area contributed by atoms with E-state index in [0.717, 1.165) is 4.90 Å². The molecule has 0 saturated heterocycles. The van der Waals surface area contributed by atoms with Gasteiger partial charge in [0.15, 0.2) is 13.1 Å². The highest BCUT2D eigenvalue weighted by molar-refractivity contribution is 6.33. The number of para-hydroxylation sites is 1. The molecule has 2 aromatic rings. The molecule has 26 heavy (non-hydrogen) atoms. The van der Waals surface area contributed by atoms with Crippen LogP contribution in [-0.4, -0.2) is 38.5 Å². The van der Waals surface area contributed by atoms with Crippen LogP contribution in [0.15, 0.2) is 48.5 Å². The van der Waals surface area contributed by atoms with Crippen molar-refractivity contribution in [3.63, 3.8) is 0 Å². The first-order valence-electron chi connectivity index (χ1n) is 8.31. The summed E-state index contributed by atoms with van der Waals surface area (Å²) in [5, 5.41) is 5.92. The van der Waals surface area contributed by atoms with Gasteiger partial charge in [0, 0.05) is 6.54 Å². The van der Waals surface area contributed by atoms with Crippen LogP contribution in [0.5, 0.6) is 0 Å². The maximum absolute atomic E-state index is 13.5. The Bertz CT molecular complexity index is 770. The van der Waals surface area contributed by atoms with Crippen LogP contribution in [0.2, 0.25) is 5.02 Å². The fraction of sp³-hybridized carbons (Fsp3) is 0.263. The minimum absolute atomic E-state index is 0.131. The van der Waals surface area contributed by atoms with Crippen LogP contribution in [0.4, 0.5) is 10.1 Å². The van der Waals surface area contributed by atoms with Crippen LogP contribution in [0.3, 0.4) is 0 Å². The second-order valence-corrected chi connectivity index (χ2v) is 6.44. The molecule has 7 heteroatoms. The number of nitrogens with one attached hydrogen (secondary N) is 3. The summed E-state index contributed by atoms with van der Waals surface area (Å²) >= 11 is 6.00. The zero-order valence-electron chi connectivity index (χ0n) is 14.5. The lowest BCUT2D eigenvalue weighted by molar-refractivity contribution is -0.862. The summed E-state index contributed by atoms with van der Waals surface area (Å²) < 4.78 is 13.5. The molecule has 1 atom stereocenters. The zero-order chi connectivity index (χ0) is 18.9. The van der Waals surface area contributed by atoms with Gasteiger partial charge in [-0.1, -0.05) is 41.9 Å². The Kier molecular flexibility index (Phi) is 7.56. The predicted octanol–water partition coefficient (Wildman–Crippen LogP) is 1.29. The van der Waals surface area contributed by atoms with E-state index in [0.29, 0.717) is 29.2 Å². The van der Waals surface area contributed by atoms with Crippen molar-refractivity contribution in [3.8, 4) is 0 Å². The molecule has 0 aliphatic rings. The first-order chi connectivity index (χ1) is 12.5. The highest BCUT2D eigenvalue weighted by Crippen LogP contribution is 2.19. The van der Waals surface area contributed by atoms with E-state index in [9.17, 15) is 14.0 Å². The average Bonchev–Trinajstić information content (AvgIpc) is 2.58. The number of amides is 2. The summed E-state index contributed by atoms with van der Waals surface area (Å²) in [6, 6.07) is 13.4. The van der Waals surface area contributed by atoms with Gasteiger partial charge in [0.1, 0.15) is 5.82 Å². The van der Waals surface area contributed by atoms with Gasteiger partial charge in [-0.3, -0.25) is 9.59 Å². The van der Waals surface area contributed by atoms with Crippen molar-refractivity contribution in [2.75, 3.05) is 32.0 Å². The lowest BCUT2D eigenvalue weighted by atomic mass is 10.1. The lowest BCUT2D eigenvalue weighted by Gasteiger charge is -2.14. The molecule has 0 aliphatic carbocycles. The molecule has 0 fully saturated rings. The molecule has 1 unspecified atom stereocenters. The molecular formula is C19H22ClFN3O2+. The van der Waals surface area contributed by atoms with Crippen molar-refractivity contribution in [1.82, 2.24) is 5.32 Å². The van der Waals surface area contributed by atoms with Crippen LogP contribution >= 0.6 is 11.6 Å². The standard InChI is InChI=1S/C19H21ClFN3O2/c1-24(13-19(26)23-17-9-5-3-7-15(17)20)12-18(25)22-11-10-14-6-2-4-8-16(14)21/h2-9H,10-13H2,1H3,(H,22,25)(H,23,26)/p+1. The van der Waals surface area contributed by atoms with Gasteiger partial charge in [0.2, 0.25) is 0 Å². The fourth-order valence-corrected chi connectivity index (χ4v) is 2.65. The van der Waals surface area contributed by atoms with E-state index in [4.69, 9.17) is 11.6 Å². The Morgan fingerprint density at radius 3 is 2.42 bits per heavy atom. The van der Waals surface area contributed by atoms with Crippen LogP contribution in [-0.2, 0) is 16.0 Å². The Hall–Kier alpha value is -2.44. The number of carbonyl (C=O) groups excluding carboxylic acids is 2. The number of benzene rings is 2.